The maximum atomic E-state index is 13.0. The summed E-state index contributed by atoms with van der Waals surface area (Å²) in [7, 11) is -0.751. The summed E-state index contributed by atoms with van der Waals surface area (Å²) in [5, 5.41) is 2.86. The Kier molecular flexibility index (Phi) is 6.87. The second-order valence-corrected chi connectivity index (χ2v) is 11.4. The van der Waals surface area contributed by atoms with E-state index in [4.69, 9.17) is 23.5 Å². The highest BCUT2D eigenvalue weighted by atomic mass is 16.7. The Bertz CT molecular complexity index is 1490. The van der Waals surface area contributed by atoms with E-state index in [1.165, 1.54) is 0 Å². The van der Waals surface area contributed by atoms with E-state index in [-0.39, 0.29) is 25.9 Å². The highest BCUT2D eigenvalue weighted by Gasteiger charge is 2.52. The van der Waals surface area contributed by atoms with Crippen LogP contribution in [-0.2, 0) is 14.0 Å². The van der Waals surface area contributed by atoms with E-state index in [1.807, 2.05) is 52.0 Å². The van der Waals surface area contributed by atoms with E-state index in [1.54, 1.807) is 18.2 Å². The maximum absolute atomic E-state index is 13.0. The van der Waals surface area contributed by atoms with Crippen molar-refractivity contribution in [3.05, 3.63) is 88.4 Å². The van der Waals surface area contributed by atoms with Crippen molar-refractivity contribution >= 4 is 25.6 Å². The van der Waals surface area contributed by atoms with Gasteiger partial charge in [-0.05, 0) is 73.1 Å². The lowest BCUT2D eigenvalue weighted by atomic mass is 9.76. The highest BCUT2D eigenvalue weighted by Crippen LogP contribution is 2.44. The van der Waals surface area contributed by atoms with Crippen LogP contribution < -0.4 is 14.8 Å². The number of alkyl carbamates (subject to hydrolysis) is 1. The molecule has 1 amide bonds. The first kappa shape index (κ1) is 27.1. The number of rotatable bonds is 7. The maximum Gasteiger partial charge on any atom is 0.492 e. The third kappa shape index (κ3) is 5.00. The summed E-state index contributed by atoms with van der Waals surface area (Å²) in [6, 6.07) is 19.8. The first-order valence-electron chi connectivity index (χ1n) is 13.7. The molecule has 1 saturated heterocycles. The first-order chi connectivity index (χ1) is 19.7. The van der Waals surface area contributed by atoms with Gasteiger partial charge in [0.25, 0.3) is 0 Å². The zero-order chi connectivity index (χ0) is 28.8. The van der Waals surface area contributed by atoms with Crippen LogP contribution in [0.25, 0.3) is 17.2 Å². The van der Waals surface area contributed by atoms with Gasteiger partial charge in [-0.3, -0.25) is 4.79 Å². The van der Waals surface area contributed by atoms with Gasteiger partial charge in [0.15, 0.2) is 17.8 Å². The molecule has 1 aliphatic carbocycles. The molecule has 0 aromatic heterocycles. The van der Waals surface area contributed by atoms with Crippen molar-refractivity contribution in [2.75, 3.05) is 19.9 Å². The Hall–Kier alpha value is -4.08. The lowest BCUT2D eigenvalue weighted by Gasteiger charge is -2.32. The molecule has 210 valence electrons. The third-order valence-electron chi connectivity index (χ3n) is 8.38. The van der Waals surface area contributed by atoms with E-state index in [9.17, 15) is 9.59 Å². The number of aldehydes is 1. The molecule has 3 aromatic carbocycles. The molecule has 0 atom stereocenters. The van der Waals surface area contributed by atoms with Gasteiger partial charge in [0.05, 0.1) is 11.2 Å². The third-order valence-corrected chi connectivity index (χ3v) is 8.38. The molecule has 6 rings (SSSR count). The number of carbonyl (C=O) groups excluding carboxylic acids is 2. The molecular weight excluding hydrogens is 521 g/mol. The number of carbonyl (C=O) groups is 2. The second kappa shape index (κ2) is 10.4. The lowest BCUT2D eigenvalue weighted by Crippen LogP contribution is -2.41. The number of nitrogens with one attached hydrogen (secondary N) is 1. The molecule has 0 bridgehead atoms. The number of fused-ring (bicyclic) bond motifs is 4. The molecule has 8 nitrogen and oxygen atoms in total. The van der Waals surface area contributed by atoms with Gasteiger partial charge in [0, 0.05) is 18.0 Å². The molecule has 0 unspecified atom stereocenters. The number of hydrogen-bond donors (Lipinski definition) is 1. The molecule has 9 heteroatoms. The van der Waals surface area contributed by atoms with Crippen LogP contribution in [0.4, 0.5) is 4.79 Å². The van der Waals surface area contributed by atoms with Crippen molar-refractivity contribution < 1.29 is 33.1 Å². The van der Waals surface area contributed by atoms with Crippen LogP contribution in [0.15, 0.2) is 66.1 Å². The molecule has 3 aliphatic rings. The summed E-state index contributed by atoms with van der Waals surface area (Å²) < 4.78 is 29.3. The first-order valence-corrected chi connectivity index (χ1v) is 13.7. The molecule has 1 N–H and O–H groups in total. The number of hydrogen-bond acceptors (Lipinski definition) is 7. The molecule has 0 spiro atoms. The zero-order valence-corrected chi connectivity index (χ0v) is 23.6. The van der Waals surface area contributed by atoms with Crippen LogP contribution in [-0.4, -0.2) is 50.6 Å². The summed E-state index contributed by atoms with van der Waals surface area (Å²) in [5.74, 6) is 1.01. The number of amides is 1. The van der Waals surface area contributed by atoms with Gasteiger partial charge in [0.1, 0.15) is 6.61 Å². The van der Waals surface area contributed by atoms with Crippen LogP contribution in [0.2, 0.25) is 0 Å². The summed E-state index contributed by atoms with van der Waals surface area (Å²) in [4.78, 5) is 24.9. The van der Waals surface area contributed by atoms with E-state index >= 15 is 0 Å². The van der Waals surface area contributed by atoms with Crippen molar-refractivity contribution in [1.82, 2.24) is 5.32 Å². The Morgan fingerprint density at radius 3 is 2.07 bits per heavy atom. The Labute approximate surface area is 239 Å². The highest BCUT2D eigenvalue weighted by molar-refractivity contribution is 6.56. The van der Waals surface area contributed by atoms with Crippen molar-refractivity contribution in [2.45, 2.75) is 44.8 Å². The van der Waals surface area contributed by atoms with Crippen LogP contribution in [0.1, 0.15) is 60.7 Å². The summed E-state index contributed by atoms with van der Waals surface area (Å²) in [6.45, 7) is 8.21. The van der Waals surface area contributed by atoms with E-state index < -0.39 is 24.4 Å². The molecule has 1 fully saturated rings. The van der Waals surface area contributed by atoms with Gasteiger partial charge in [-0.1, -0.05) is 54.6 Å². The van der Waals surface area contributed by atoms with Crippen molar-refractivity contribution in [3.63, 3.8) is 0 Å². The van der Waals surface area contributed by atoms with Crippen molar-refractivity contribution in [3.8, 4) is 22.6 Å². The predicted molar refractivity (Wildman–Crippen MR) is 155 cm³/mol. The fraction of sp³-hybridized carbons (Fsp3) is 0.312. The topological polar surface area (TPSA) is 92.3 Å². The Morgan fingerprint density at radius 2 is 1.49 bits per heavy atom. The van der Waals surface area contributed by atoms with E-state index in [2.05, 4.69) is 29.6 Å². The van der Waals surface area contributed by atoms with E-state index in [0.29, 0.717) is 28.1 Å². The summed E-state index contributed by atoms with van der Waals surface area (Å²) >= 11 is 0. The fourth-order valence-electron chi connectivity index (χ4n) is 5.42. The van der Waals surface area contributed by atoms with Crippen molar-refractivity contribution in [1.29, 1.82) is 0 Å². The minimum atomic E-state index is -0.751. The summed E-state index contributed by atoms with van der Waals surface area (Å²) in [5.41, 5.74) is 5.07. The lowest BCUT2D eigenvalue weighted by molar-refractivity contribution is 0.00578. The van der Waals surface area contributed by atoms with Gasteiger partial charge >= 0.3 is 13.2 Å². The zero-order valence-electron chi connectivity index (χ0n) is 23.6. The quantitative estimate of drug-likeness (QED) is 0.293. The standard InChI is InChI=1S/C32H32BNO7/c1-31(2)32(3,4)41-33(40-31)22(13-20-14-28-29(39-19-38-28)15-21(20)17-35)16-34-30(36)37-18-27-25-11-7-5-9-23(25)24-10-6-8-12-26(24)27/h5-15,17,27H,16,18-19H2,1-4H3,(H,34,36). The smallest absolute Gasteiger partial charge is 0.454 e. The van der Waals surface area contributed by atoms with E-state index in [0.717, 1.165) is 28.5 Å². The van der Waals surface area contributed by atoms with Crippen LogP contribution >= 0.6 is 0 Å². The SMILES string of the molecule is CC1(C)OB(C(=Cc2cc3c(cc2C=O)OCO3)CNC(=O)OCC2c3ccccc3-c3ccccc32)OC1(C)C. The minimum absolute atomic E-state index is 0.0463. The molecular formula is C32H32BNO7. The number of benzene rings is 3. The number of ether oxygens (including phenoxy) is 3. The van der Waals surface area contributed by atoms with Crippen LogP contribution in [0.5, 0.6) is 11.5 Å². The second-order valence-electron chi connectivity index (χ2n) is 11.4. The van der Waals surface area contributed by atoms with Gasteiger partial charge in [-0.15, -0.1) is 0 Å². The average molecular weight is 553 g/mol. The Balaban J connectivity index is 1.21. The normalized spacial score (nSPS) is 18.1. The van der Waals surface area contributed by atoms with Crippen LogP contribution in [0, 0.1) is 0 Å². The van der Waals surface area contributed by atoms with Gasteiger partial charge in [-0.25, -0.2) is 4.79 Å². The van der Waals surface area contributed by atoms with Gasteiger partial charge < -0.3 is 28.8 Å². The van der Waals surface area contributed by atoms with Gasteiger partial charge in [-0.2, -0.15) is 0 Å². The Morgan fingerprint density at radius 1 is 0.927 bits per heavy atom. The molecule has 3 aromatic rings. The van der Waals surface area contributed by atoms with Crippen molar-refractivity contribution in [2.24, 2.45) is 0 Å². The van der Waals surface area contributed by atoms with Crippen LogP contribution in [0.3, 0.4) is 0 Å². The molecule has 2 heterocycles. The summed E-state index contributed by atoms with van der Waals surface area (Å²) in [6.07, 6.45) is 1.99. The average Bonchev–Trinajstić information content (AvgIpc) is 3.60. The minimum Gasteiger partial charge on any atom is -0.454 e. The fourth-order valence-corrected chi connectivity index (χ4v) is 5.42. The molecule has 2 aliphatic heterocycles. The molecule has 0 saturated carbocycles. The largest absolute Gasteiger partial charge is 0.492 e. The predicted octanol–water partition coefficient (Wildman–Crippen LogP) is 5.78. The molecule has 0 radical (unpaired) electrons. The monoisotopic (exact) mass is 553 g/mol. The molecule has 41 heavy (non-hydrogen) atoms. The van der Waals surface area contributed by atoms with Gasteiger partial charge in [0.2, 0.25) is 6.79 Å².